The molecule has 7 heteroatoms. The zero-order valence-corrected chi connectivity index (χ0v) is 19.8. The lowest BCUT2D eigenvalue weighted by atomic mass is 10.0. The predicted octanol–water partition coefficient (Wildman–Crippen LogP) is 4.42. The molecule has 1 radical (unpaired) electrons. The van der Waals surface area contributed by atoms with Crippen LogP contribution < -0.4 is 24.7 Å². The van der Waals surface area contributed by atoms with Crippen LogP contribution in [0, 0.1) is 6.92 Å². The molecule has 0 aliphatic rings. The van der Waals surface area contributed by atoms with Crippen LogP contribution in [-0.2, 0) is 6.42 Å². The standard InChI is InChI=1S/C24H28NO5Si/c1-15-7-9-19(31(5)6)12-16(15)11-17-8-10-20(30-17)24(26)25-23-21(28-3)13-18(27-2)14-22(23)29-4/h7-10,12-14H,11H2,1-6H3,(H,25,26). The van der Waals surface area contributed by atoms with Gasteiger partial charge in [-0.3, -0.25) is 4.79 Å². The summed E-state index contributed by atoms with van der Waals surface area (Å²) in [5, 5.41) is 4.21. The van der Waals surface area contributed by atoms with Crippen LogP contribution in [0.15, 0.2) is 46.9 Å². The van der Waals surface area contributed by atoms with Crippen LogP contribution >= 0.6 is 0 Å². The molecule has 1 amide bonds. The van der Waals surface area contributed by atoms with Crippen LogP contribution in [0.3, 0.4) is 0 Å². The minimum atomic E-state index is -0.530. The van der Waals surface area contributed by atoms with E-state index in [1.807, 2.05) is 6.07 Å². The third-order valence-corrected chi connectivity index (χ3v) is 6.60. The van der Waals surface area contributed by atoms with E-state index in [1.54, 1.807) is 25.3 Å². The molecule has 0 aliphatic heterocycles. The molecular formula is C24H28NO5Si. The number of hydrogen-bond donors (Lipinski definition) is 1. The number of furan rings is 1. The minimum absolute atomic E-state index is 0.222. The lowest BCUT2D eigenvalue weighted by Crippen LogP contribution is -2.23. The molecule has 163 valence electrons. The Labute approximate surface area is 184 Å². The smallest absolute Gasteiger partial charge is 0.291 e. The number of anilines is 1. The Morgan fingerprint density at radius 1 is 0.968 bits per heavy atom. The fraction of sp³-hybridized carbons (Fsp3) is 0.292. The van der Waals surface area contributed by atoms with Gasteiger partial charge in [0.15, 0.2) is 5.76 Å². The largest absolute Gasteiger partial charge is 0.496 e. The van der Waals surface area contributed by atoms with Gasteiger partial charge in [0, 0.05) is 18.6 Å². The lowest BCUT2D eigenvalue weighted by Gasteiger charge is -2.15. The third kappa shape index (κ3) is 5.11. The van der Waals surface area contributed by atoms with Crippen molar-refractivity contribution in [3.63, 3.8) is 0 Å². The van der Waals surface area contributed by atoms with Crippen LogP contribution in [0.1, 0.15) is 27.4 Å². The highest BCUT2D eigenvalue weighted by Crippen LogP contribution is 2.39. The maximum atomic E-state index is 12.8. The number of carbonyl (C=O) groups excluding carboxylic acids is 1. The minimum Gasteiger partial charge on any atom is -0.496 e. The maximum Gasteiger partial charge on any atom is 0.291 e. The van der Waals surface area contributed by atoms with Gasteiger partial charge in [0.2, 0.25) is 0 Å². The number of benzene rings is 2. The summed E-state index contributed by atoms with van der Waals surface area (Å²) < 4.78 is 21.9. The molecule has 1 N–H and O–H groups in total. The molecule has 0 saturated heterocycles. The highest BCUT2D eigenvalue weighted by molar-refractivity contribution is 6.70. The van der Waals surface area contributed by atoms with Gasteiger partial charge in [-0.15, -0.1) is 0 Å². The maximum absolute atomic E-state index is 12.8. The molecule has 0 fully saturated rings. The van der Waals surface area contributed by atoms with Crippen molar-refractivity contribution in [3.8, 4) is 17.2 Å². The van der Waals surface area contributed by atoms with Crippen molar-refractivity contribution in [2.75, 3.05) is 26.6 Å². The van der Waals surface area contributed by atoms with Gasteiger partial charge >= 0.3 is 0 Å². The molecule has 1 aromatic heterocycles. The lowest BCUT2D eigenvalue weighted by molar-refractivity contribution is 0.0994. The van der Waals surface area contributed by atoms with Crippen LogP contribution in [0.4, 0.5) is 5.69 Å². The quantitative estimate of drug-likeness (QED) is 0.527. The molecule has 31 heavy (non-hydrogen) atoms. The van der Waals surface area contributed by atoms with E-state index in [2.05, 4.69) is 43.5 Å². The number of nitrogens with one attached hydrogen (secondary N) is 1. The number of amides is 1. The Kier molecular flexibility index (Phi) is 7.07. The van der Waals surface area contributed by atoms with Crippen LogP contribution in [-0.4, -0.2) is 36.0 Å². The highest BCUT2D eigenvalue weighted by atomic mass is 28.3. The number of methoxy groups -OCH3 is 3. The van der Waals surface area contributed by atoms with Gasteiger partial charge in [0.25, 0.3) is 5.91 Å². The van der Waals surface area contributed by atoms with E-state index in [0.29, 0.717) is 29.4 Å². The van der Waals surface area contributed by atoms with Gasteiger partial charge < -0.3 is 23.9 Å². The molecular weight excluding hydrogens is 410 g/mol. The Morgan fingerprint density at radius 2 is 1.65 bits per heavy atom. The summed E-state index contributed by atoms with van der Waals surface area (Å²) in [5.74, 6) is 2.00. The van der Waals surface area contributed by atoms with Gasteiger partial charge in [-0.25, -0.2) is 0 Å². The molecule has 0 unspecified atom stereocenters. The van der Waals surface area contributed by atoms with Gasteiger partial charge in [-0.05, 0) is 30.2 Å². The number of hydrogen-bond acceptors (Lipinski definition) is 5. The molecule has 0 saturated carbocycles. The van der Waals surface area contributed by atoms with Crippen molar-refractivity contribution in [2.24, 2.45) is 0 Å². The Hall–Kier alpha value is -3.19. The van der Waals surface area contributed by atoms with Crippen molar-refractivity contribution < 1.29 is 23.4 Å². The zero-order valence-electron chi connectivity index (χ0n) is 18.8. The van der Waals surface area contributed by atoms with Crippen molar-refractivity contribution in [1.82, 2.24) is 0 Å². The number of ether oxygens (including phenoxy) is 3. The van der Waals surface area contributed by atoms with E-state index in [1.165, 1.54) is 30.5 Å². The molecule has 6 nitrogen and oxygen atoms in total. The van der Waals surface area contributed by atoms with Crippen LogP contribution in [0.2, 0.25) is 13.1 Å². The first-order valence-electron chi connectivity index (χ1n) is 9.96. The fourth-order valence-corrected chi connectivity index (χ4v) is 4.14. The summed E-state index contributed by atoms with van der Waals surface area (Å²) in [6, 6.07) is 13.5. The molecule has 0 aliphatic carbocycles. The summed E-state index contributed by atoms with van der Waals surface area (Å²) in [6.45, 7) is 6.64. The number of rotatable bonds is 8. The highest BCUT2D eigenvalue weighted by Gasteiger charge is 2.19. The molecule has 1 heterocycles. The molecule has 3 rings (SSSR count). The first-order chi connectivity index (χ1) is 14.9. The second-order valence-electron chi connectivity index (χ2n) is 7.45. The van der Waals surface area contributed by atoms with Gasteiger partial charge in [-0.1, -0.05) is 36.5 Å². The van der Waals surface area contributed by atoms with Crippen LogP contribution in [0.25, 0.3) is 0 Å². The molecule has 2 aromatic carbocycles. The Balaban J connectivity index is 1.81. The molecule has 3 aromatic rings. The van der Waals surface area contributed by atoms with E-state index < -0.39 is 8.80 Å². The van der Waals surface area contributed by atoms with E-state index >= 15 is 0 Å². The van der Waals surface area contributed by atoms with Gasteiger partial charge in [0.1, 0.15) is 28.7 Å². The van der Waals surface area contributed by atoms with Crippen molar-refractivity contribution in [1.29, 1.82) is 0 Å². The summed E-state index contributed by atoms with van der Waals surface area (Å²) in [7, 11) is 4.06. The second-order valence-corrected chi connectivity index (χ2v) is 10.0. The van der Waals surface area contributed by atoms with E-state index in [4.69, 9.17) is 18.6 Å². The van der Waals surface area contributed by atoms with Crippen molar-refractivity contribution in [2.45, 2.75) is 26.4 Å². The van der Waals surface area contributed by atoms with Crippen LogP contribution in [0.5, 0.6) is 17.2 Å². The van der Waals surface area contributed by atoms with Gasteiger partial charge in [-0.2, -0.15) is 0 Å². The monoisotopic (exact) mass is 438 g/mol. The first kappa shape index (κ1) is 22.5. The van der Waals surface area contributed by atoms with Crippen molar-refractivity contribution >= 4 is 25.6 Å². The average molecular weight is 439 g/mol. The summed E-state index contributed by atoms with van der Waals surface area (Å²) >= 11 is 0. The second kappa shape index (κ2) is 9.74. The predicted molar refractivity (Wildman–Crippen MR) is 124 cm³/mol. The molecule has 0 spiro atoms. The SMILES string of the molecule is COc1cc(OC)c(NC(=O)c2ccc(Cc3cc([Si](C)C)ccc3C)o2)c(OC)c1. The Bertz CT molecular complexity index is 1050. The average Bonchev–Trinajstić information content (AvgIpc) is 3.23. The molecule has 0 bridgehead atoms. The fourth-order valence-electron chi connectivity index (χ4n) is 3.26. The summed E-state index contributed by atoms with van der Waals surface area (Å²) in [5.41, 5.74) is 2.84. The third-order valence-electron chi connectivity index (χ3n) is 5.13. The Morgan fingerprint density at radius 3 is 2.23 bits per heavy atom. The van der Waals surface area contributed by atoms with Gasteiger partial charge in [0.05, 0.1) is 30.1 Å². The number of carbonyl (C=O) groups is 1. The normalized spacial score (nSPS) is 10.8. The topological polar surface area (TPSA) is 69.9 Å². The number of aryl methyl sites for hydroxylation is 1. The summed E-state index contributed by atoms with van der Waals surface area (Å²) in [4.78, 5) is 12.8. The van der Waals surface area contributed by atoms with E-state index in [9.17, 15) is 4.79 Å². The van der Waals surface area contributed by atoms with E-state index in [0.717, 1.165) is 5.76 Å². The van der Waals surface area contributed by atoms with E-state index in [-0.39, 0.29) is 11.7 Å². The molecule has 0 atom stereocenters. The first-order valence-corrected chi connectivity index (χ1v) is 12.5. The van der Waals surface area contributed by atoms with Crippen molar-refractivity contribution in [3.05, 3.63) is 65.1 Å². The summed E-state index contributed by atoms with van der Waals surface area (Å²) in [6.07, 6.45) is 0.636. The zero-order chi connectivity index (χ0) is 22.5.